The van der Waals surface area contributed by atoms with Crippen LogP contribution in [0.4, 0.5) is 5.69 Å². The van der Waals surface area contributed by atoms with Gasteiger partial charge in [-0.3, -0.25) is 4.79 Å². The minimum Gasteiger partial charge on any atom is -0.496 e. The number of ether oxygens (including phenoxy) is 1. The minimum atomic E-state index is -0.449. The smallest absolute Gasteiger partial charge is 0.267 e. The molecule has 0 heterocycles. The van der Waals surface area contributed by atoms with Crippen LogP contribution in [0.25, 0.3) is 0 Å². The molecular weight excluding hydrogens is 382 g/mol. The van der Waals surface area contributed by atoms with Crippen LogP contribution in [0.3, 0.4) is 0 Å². The van der Waals surface area contributed by atoms with Crippen LogP contribution >= 0.6 is 15.9 Å². The van der Waals surface area contributed by atoms with Crippen molar-refractivity contribution in [3.05, 3.63) is 70.3 Å². The van der Waals surface area contributed by atoms with Gasteiger partial charge in [0.15, 0.2) is 0 Å². The lowest BCUT2D eigenvalue weighted by atomic mass is 10.1. The van der Waals surface area contributed by atoms with Crippen LogP contribution in [0.1, 0.15) is 5.56 Å². The molecule has 0 aromatic heterocycles. The van der Waals surface area contributed by atoms with E-state index in [1.165, 1.54) is 6.20 Å². The molecule has 0 saturated heterocycles. The van der Waals surface area contributed by atoms with Crippen molar-refractivity contribution in [2.45, 2.75) is 6.42 Å². The maximum absolute atomic E-state index is 12.1. The zero-order chi connectivity index (χ0) is 18.1. The maximum Gasteiger partial charge on any atom is 0.267 e. The van der Waals surface area contributed by atoms with Crippen LogP contribution in [-0.2, 0) is 11.2 Å². The number of methoxy groups -OCH3 is 1. The van der Waals surface area contributed by atoms with Gasteiger partial charge in [-0.15, -0.1) is 0 Å². The van der Waals surface area contributed by atoms with Gasteiger partial charge in [0.25, 0.3) is 5.91 Å². The van der Waals surface area contributed by atoms with E-state index in [4.69, 9.17) is 4.74 Å². The van der Waals surface area contributed by atoms with Crippen molar-refractivity contribution >= 4 is 27.5 Å². The summed E-state index contributed by atoms with van der Waals surface area (Å²) in [4.78, 5) is 12.1. The standard InChI is InChI=1S/C19H18BrN3O2/c1-25-18-5-3-2-4-14(18)10-11-22-13-15(12-21)19(24)23-17-8-6-16(20)7-9-17/h2-9,13,22H,10-11H2,1H3,(H,23,24)/b15-13-. The van der Waals surface area contributed by atoms with Gasteiger partial charge in [0.05, 0.1) is 7.11 Å². The minimum absolute atomic E-state index is 0.0166. The first-order valence-electron chi connectivity index (χ1n) is 7.66. The highest BCUT2D eigenvalue weighted by atomic mass is 79.9. The van der Waals surface area contributed by atoms with Gasteiger partial charge in [0.2, 0.25) is 0 Å². The lowest BCUT2D eigenvalue weighted by molar-refractivity contribution is -0.112. The molecule has 0 radical (unpaired) electrons. The van der Waals surface area contributed by atoms with E-state index in [-0.39, 0.29) is 5.57 Å². The topological polar surface area (TPSA) is 74.1 Å². The first-order chi connectivity index (χ1) is 12.1. The highest BCUT2D eigenvalue weighted by Gasteiger charge is 2.09. The first kappa shape index (κ1) is 18.6. The molecular formula is C19H18BrN3O2. The molecule has 1 amide bonds. The Morgan fingerprint density at radius 1 is 1.24 bits per heavy atom. The Morgan fingerprint density at radius 3 is 2.64 bits per heavy atom. The quantitative estimate of drug-likeness (QED) is 0.423. The van der Waals surface area contributed by atoms with Crippen LogP contribution in [-0.4, -0.2) is 19.6 Å². The van der Waals surface area contributed by atoms with Crippen LogP contribution < -0.4 is 15.4 Å². The number of hydrogen-bond donors (Lipinski definition) is 2. The van der Waals surface area contributed by atoms with Crippen molar-refractivity contribution in [2.75, 3.05) is 19.0 Å². The van der Waals surface area contributed by atoms with Crippen molar-refractivity contribution < 1.29 is 9.53 Å². The van der Waals surface area contributed by atoms with Gasteiger partial charge < -0.3 is 15.4 Å². The van der Waals surface area contributed by atoms with Crippen molar-refractivity contribution in [2.24, 2.45) is 0 Å². The van der Waals surface area contributed by atoms with Crippen molar-refractivity contribution in [1.82, 2.24) is 5.32 Å². The molecule has 2 N–H and O–H groups in total. The van der Waals surface area contributed by atoms with Crippen LogP contribution in [0.15, 0.2) is 64.8 Å². The Bertz CT molecular complexity index is 795. The maximum atomic E-state index is 12.1. The Hall–Kier alpha value is -2.78. The Labute approximate surface area is 155 Å². The number of para-hydroxylation sites is 1. The molecule has 0 unspecified atom stereocenters. The molecule has 2 aromatic carbocycles. The lowest BCUT2D eigenvalue weighted by Crippen LogP contribution is -2.18. The van der Waals surface area contributed by atoms with E-state index in [2.05, 4.69) is 26.6 Å². The third-order valence-electron chi connectivity index (χ3n) is 3.44. The molecule has 6 heteroatoms. The number of carbonyl (C=O) groups is 1. The molecule has 0 atom stereocenters. The van der Waals surface area contributed by atoms with Crippen molar-refractivity contribution in [3.63, 3.8) is 0 Å². The monoisotopic (exact) mass is 399 g/mol. The van der Waals surface area contributed by atoms with E-state index in [1.54, 1.807) is 19.2 Å². The van der Waals surface area contributed by atoms with E-state index >= 15 is 0 Å². The average Bonchev–Trinajstić information content (AvgIpc) is 2.64. The lowest BCUT2D eigenvalue weighted by Gasteiger charge is -2.08. The van der Waals surface area contributed by atoms with Crippen molar-refractivity contribution in [3.8, 4) is 11.8 Å². The van der Waals surface area contributed by atoms with E-state index < -0.39 is 5.91 Å². The summed E-state index contributed by atoms with van der Waals surface area (Å²) in [5.74, 6) is 0.372. The Morgan fingerprint density at radius 2 is 1.96 bits per heavy atom. The van der Waals surface area contributed by atoms with Gasteiger partial charge in [-0.05, 0) is 42.3 Å². The number of benzene rings is 2. The van der Waals surface area contributed by atoms with E-state index in [1.807, 2.05) is 42.5 Å². The van der Waals surface area contributed by atoms with Gasteiger partial charge in [0.1, 0.15) is 17.4 Å². The van der Waals surface area contributed by atoms with Gasteiger partial charge in [-0.25, -0.2) is 0 Å². The summed E-state index contributed by atoms with van der Waals surface area (Å²) in [6.07, 6.45) is 2.15. The number of rotatable bonds is 7. The number of anilines is 1. The number of nitrogens with one attached hydrogen (secondary N) is 2. The summed E-state index contributed by atoms with van der Waals surface area (Å²) >= 11 is 3.33. The number of halogens is 1. The molecule has 0 bridgehead atoms. The number of nitrogens with zero attached hydrogens (tertiary/aromatic N) is 1. The predicted octanol–water partition coefficient (Wildman–Crippen LogP) is 3.64. The zero-order valence-corrected chi connectivity index (χ0v) is 15.3. The summed E-state index contributed by atoms with van der Waals surface area (Å²) in [6, 6.07) is 16.8. The molecule has 0 spiro atoms. The molecule has 128 valence electrons. The number of nitriles is 1. The van der Waals surface area contributed by atoms with Gasteiger partial charge in [-0.1, -0.05) is 34.1 Å². The second kappa shape index (κ2) is 9.50. The molecule has 0 fully saturated rings. The summed E-state index contributed by atoms with van der Waals surface area (Å²) in [6.45, 7) is 0.580. The van der Waals surface area contributed by atoms with Gasteiger partial charge in [0, 0.05) is 22.9 Å². The summed E-state index contributed by atoms with van der Waals surface area (Å²) in [5.41, 5.74) is 1.70. The molecule has 0 aliphatic carbocycles. The number of carbonyl (C=O) groups excluding carboxylic acids is 1. The largest absolute Gasteiger partial charge is 0.496 e. The molecule has 0 aliphatic rings. The summed E-state index contributed by atoms with van der Waals surface area (Å²) in [5, 5.41) is 14.9. The summed E-state index contributed by atoms with van der Waals surface area (Å²) in [7, 11) is 1.63. The molecule has 25 heavy (non-hydrogen) atoms. The second-order valence-electron chi connectivity index (χ2n) is 5.15. The van der Waals surface area contributed by atoms with Gasteiger partial charge in [-0.2, -0.15) is 5.26 Å². The molecule has 5 nitrogen and oxygen atoms in total. The van der Waals surface area contributed by atoms with Crippen molar-refractivity contribution in [1.29, 1.82) is 5.26 Å². The van der Waals surface area contributed by atoms with E-state index in [0.717, 1.165) is 15.8 Å². The Balaban J connectivity index is 1.90. The van der Waals surface area contributed by atoms with Crippen LogP contribution in [0.2, 0.25) is 0 Å². The fourth-order valence-corrected chi connectivity index (χ4v) is 2.44. The number of hydrogen-bond acceptors (Lipinski definition) is 4. The van der Waals surface area contributed by atoms with Crippen LogP contribution in [0, 0.1) is 11.3 Å². The first-order valence-corrected chi connectivity index (χ1v) is 8.46. The molecule has 0 saturated carbocycles. The molecule has 2 aromatic rings. The average molecular weight is 400 g/mol. The SMILES string of the molecule is COc1ccccc1CCN/C=C(/C#N)C(=O)Nc1ccc(Br)cc1. The highest BCUT2D eigenvalue weighted by Crippen LogP contribution is 2.17. The zero-order valence-electron chi connectivity index (χ0n) is 13.8. The van der Waals surface area contributed by atoms with Gasteiger partial charge >= 0.3 is 0 Å². The fourth-order valence-electron chi connectivity index (χ4n) is 2.17. The van der Waals surface area contributed by atoms with E-state index in [0.29, 0.717) is 18.7 Å². The fraction of sp³-hybridized carbons (Fsp3) is 0.158. The second-order valence-corrected chi connectivity index (χ2v) is 6.06. The highest BCUT2D eigenvalue weighted by molar-refractivity contribution is 9.10. The molecule has 2 rings (SSSR count). The third-order valence-corrected chi connectivity index (χ3v) is 3.97. The normalized spacial score (nSPS) is 10.7. The molecule has 0 aliphatic heterocycles. The van der Waals surface area contributed by atoms with E-state index in [9.17, 15) is 10.1 Å². The summed E-state index contributed by atoms with van der Waals surface area (Å²) < 4.78 is 6.21. The third kappa shape index (κ3) is 5.66. The van der Waals surface area contributed by atoms with Crippen LogP contribution in [0.5, 0.6) is 5.75 Å². The Kier molecular flexibility index (Phi) is 7.05. The predicted molar refractivity (Wildman–Crippen MR) is 101 cm³/mol. The number of amides is 1.